The standard InChI is InChI=1S/C24H20FN3O2S2/c1-2-12-28-23(30)19-13-20(17-6-4-3-5-7-17)32-22(19)27-24(28)31-15-21(29)26-14-16-8-10-18(25)11-9-16/h2-11,13H,1,12,14-15H2,(H,26,29). The van der Waals surface area contributed by atoms with Crippen LogP contribution in [-0.2, 0) is 17.9 Å². The minimum absolute atomic E-state index is 0.104. The van der Waals surface area contributed by atoms with Gasteiger partial charge in [0.25, 0.3) is 5.56 Å². The number of aromatic nitrogens is 2. The van der Waals surface area contributed by atoms with E-state index in [1.165, 1.54) is 39.8 Å². The molecule has 0 fully saturated rings. The van der Waals surface area contributed by atoms with E-state index in [0.29, 0.717) is 28.5 Å². The summed E-state index contributed by atoms with van der Waals surface area (Å²) >= 11 is 2.66. The molecule has 0 bridgehead atoms. The van der Waals surface area contributed by atoms with Crippen LogP contribution < -0.4 is 10.9 Å². The molecular formula is C24H20FN3O2S2. The number of benzene rings is 2. The van der Waals surface area contributed by atoms with Crippen LogP contribution in [0.3, 0.4) is 0 Å². The highest BCUT2D eigenvalue weighted by molar-refractivity contribution is 7.99. The molecule has 0 aliphatic carbocycles. The van der Waals surface area contributed by atoms with E-state index in [9.17, 15) is 14.0 Å². The van der Waals surface area contributed by atoms with E-state index in [1.54, 1.807) is 18.2 Å². The highest BCUT2D eigenvalue weighted by Crippen LogP contribution is 2.32. The van der Waals surface area contributed by atoms with Gasteiger partial charge in [0.2, 0.25) is 5.91 Å². The van der Waals surface area contributed by atoms with Crippen molar-refractivity contribution in [2.24, 2.45) is 0 Å². The maximum absolute atomic E-state index is 13.1. The van der Waals surface area contributed by atoms with E-state index in [-0.39, 0.29) is 23.0 Å². The Hall–Kier alpha value is -3.23. The molecule has 162 valence electrons. The van der Waals surface area contributed by atoms with Crippen LogP contribution in [0.2, 0.25) is 0 Å². The summed E-state index contributed by atoms with van der Waals surface area (Å²) in [5.74, 6) is -0.413. The van der Waals surface area contributed by atoms with Crippen molar-refractivity contribution in [3.63, 3.8) is 0 Å². The molecule has 0 aliphatic rings. The largest absolute Gasteiger partial charge is 0.351 e. The highest BCUT2D eigenvalue weighted by atomic mass is 32.2. The molecule has 5 nitrogen and oxygen atoms in total. The summed E-state index contributed by atoms with van der Waals surface area (Å²) in [6, 6.07) is 17.7. The zero-order valence-electron chi connectivity index (χ0n) is 17.1. The molecule has 0 aliphatic heterocycles. The number of thiophene rings is 1. The molecule has 0 unspecified atom stereocenters. The number of hydrogen-bond donors (Lipinski definition) is 1. The molecule has 2 aromatic heterocycles. The second-order valence-electron chi connectivity index (χ2n) is 6.99. The molecule has 4 aromatic rings. The van der Waals surface area contributed by atoms with Gasteiger partial charge in [-0.1, -0.05) is 60.3 Å². The Kier molecular flexibility index (Phi) is 6.82. The average Bonchev–Trinajstić information content (AvgIpc) is 3.24. The highest BCUT2D eigenvalue weighted by Gasteiger charge is 2.16. The van der Waals surface area contributed by atoms with Crippen molar-refractivity contribution in [2.75, 3.05) is 5.75 Å². The summed E-state index contributed by atoms with van der Waals surface area (Å²) in [6.07, 6.45) is 1.64. The lowest BCUT2D eigenvalue weighted by Gasteiger charge is -2.10. The Morgan fingerprint density at radius 1 is 1.19 bits per heavy atom. The lowest BCUT2D eigenvalue weighted by Crippen LogP contribution is -2.26. The number of amides is 1. The number of hydrogen-bond acceptors (Lipinski definition) is 5. The molecule has 0 radical (unpaired) electrons. The molecule has 2 heterocycles. The number of carbonyl (C=O) groups excluding carboxylic acids is 1. The van der Waals surface area contributed by atoms with Crippen molar-refractivity contribution >= 4 is 39.2 Å². The zero-order chi connectivity index (χ0) is 22.5. The van der Waals surface area contributed by atoms with Crippen molar-refractivity contribution < 1.29 is 9.18 Å². The fourth-order valence-corrected chi connectivity index (χ4v) is 5.04. The lowest BCUT2D eigenvalue weighted by molar-refractivity contribution is -0.118. The summed E-state index contributed by atoms with van der Waals surface area (Å²) in [6.45, 7) is 4.34. The number of fused-ring (bicyclic) bond motifs is 1. The first-order valence-electron chi connectivity index (χ1n) is 9.90. The second kappa shape index (κ2) is 9.93. The second-order valence-corrected chi connectivity index (χ2v) is 8.96. The van der Waals surface area contributed by atoms with E-state index in [2.05, 4.69) is 16.9 Å². The van der Waals surface area contributed by atoms with Crippen LogP contribution in [0.5, 0.6) is 0 Å². The average molecular weight is 466 g/mol. The minimum atomic E-state index is -0.318. The maximum atomic E-state index is 13.1. The van der Waals surface area contributed by atoms with Gasteiger partial charge in [0.15, 0.2) is 5.16 Å². The number of thioether (sulfide) groups is 1. The van der Waals surface area contributed by atoms with Crippen LogP contribution in [0, 0.1) is 5.82 Å². The molecule has 32 heavy (non-hydrogen) atoms. The number of halogens is 1. The van der Waals surface area contributed by atoms with Gasteiger partial charge in [-0.3, -0.25) is 14.2 Å². The molecule has 0 atom stereocenters. The van der Waals surface area contributed by atoms with Crippen LogP contribution in [0.1, 0.15) is 5.56 Å². The van der Waals surface area contributed by atoms with Crippen molar-refractivity contribution in [3.8, 4) is 10.4 Å². The number of nitrogens with zero attached hydrogens (tertiary/aromatic N) is 2. The molecule has 8 heteroatoms. The van der Waals surface area contributed by atoms with Crippen LogP contribution in [0.15, 0.2) is 83.3 Å². The Labute approximate surface area is 192 Å². The first kappa shape index (κ1) is 22.0. The molecule has 1 N–H and O–H groups in total. The van der Waals surface area contributed by atoms with Gasteiger partial charge >= 0.3 is 0 Å². The number of allylic oxidation sites excluding steroid dienone is 1. The van der Waals surface area contributed by atoms with Crippen molar-refractivity contribution in [2.45, 2.75) is 18.2 Å². The Morgan fingerprint density at radius 2 is 1.94 bits per heavy atom. The number of nitrogens with one attached hydrogen (secondary N) is 1. The van der Waals surface area contributed by atoms with Crippen LogP contribution in [0.4, 0.5) is 4.39 Å². The third kappa shape index (κ3) is 4.98. The van der Waals surface area contributed by atoms with Gasteiger partial charge in [-0.15, -0.1) is 17.9 Å². The van der Waals surface area contributed by atoms with E-state index < -0.39 is 0 Å². The number of carbonyl (C=O) groups is 1. The molecule has 0 spiro atoms. The van der Waals surface area contributed by atoms with Gasteiger partial charge in [-0.05, 0) is 29.3 Å². The summed E-state index contributed by atoms with van der Waals surface area (Å²) < 4.78 is 14.5. The Morgan fingerprint density at radius 3 is 2.66 bits per heavy atom. The van der Waals surface area contributed by atoms with Gasteiger partial charge in [-0.2, -0.15) is 0 Å². The monoisotopic (exact) mass is 465 g/mol. The molecule has 4 rings (SSSR count). The van der Waals surface area contributed by atoms with E-state index in [4.69, 9.17) is 0 Å². The fourth-order valence-electron chi connectivity index (χ4n) is 3.13. The quantitative estimate of drug-likeness (QED) is 0.229. The van der Waals surface area contributed by atoms with E-state index in [0.717, 1.165) is 16.0 Å². The molecule has 0 saturated heterocycles. The van der Waals surface area contributed by atoms with Gasteiger partial charge in [0.05, 0.1) is 11.1 Å². The summed E-state index contributed by atoms with van der Waals surface area (Å²) in [7, 11) is 0. The smallest absolute Gasteiger partial charge is 0.263 e. The molecular weight excluding hydrogens is 445 g/mol. The summed E-state index contributed by atoms with van der Waals surface area (Å²) in [4.78, 5) is 31.7. The van der Waals surface area contributed by atoms with Crippen LogP contribution >= 0.6 is 23.1 Å². The topological polar surface area (TPSA) is 64.0 Å². The Bertz CT molecular complexity index is 1320. The van der Waals surface area contributed by atoms with Crippen molar-refractivity contribution in [1.82, 2.24) is 14.9 Å². The van der Waals surface area contributed by atoms with Crippen LogP contribution in [0.25, 0.3) is 20.7 Å². The summed E-state index contributed by atoms with van der Waals surface area (Å²) in [5.41, 5.74) is 1.68. The van der Waals surface area contributed by atoms with Crippen molar-refractivity contribution in [1.29, 1.82) is 0 Å². The summed E-state index contributed by atoms with van der Waals surface area (Å²) in [5, 5.41) is 3.83. The number of rotatable bonds is 8. The molecule has 1 amide bonds. The van der Waals surface area contributed by atoms with Gasteiger partial charge in [-0.25, -0.2) is 9.37 Å². The van der Waals surface area contributed by atoms with Crippen molar-refractivity contribution in [3.05, 3.63) is 95.1 Å². The fraction of sp³-hybridized carbons (Fsp3) is 0.125. The normalized spacial score (nSPS) is 10.9. The van der Waals surface area contributed by atoms with Gasteiger partial charge in [0.1, 0.15) is 10.6 Å². The SMILES string of the molecule is C=CCn1c(SCC(=O)NCc2ccc(F)cc2)nc2sc(-c3ccccc3)cc2c1=O. The third-order valence-corrected chi connectivity index (χ3v) is 6.78. The predicted molar refractivity (Wildman–Crippen MR) is 128 cm³/mol. The molecule has 2 aromatic carbocycles. The molecule has 0 saturated carbocycles. The first-order valence-corrected chi connectivity index (χ1v) is 11.7. The first-order chi connectivity index (χ1) is 15.5. The van der Waals surface area contributed by atoms with Gasteiger partial charge < -0.3 is 5.32 Å². The Balaban J connectivity index is 1.53. The van der Waals surface area contributed by atoms with Gasteiger partial charge in [0, 0.05) is 18.0 Å². The maximum Gasteiger partial charge on any atom is 0.263 e. The predicted octanol–water partition coefficient (Wildman–Crippen LogP) is 4.86. The zero-order valence-corrected chi connectivity index (χ0v) is 18.7. The lowest BCUT2D eigenvalue weighted by atomic mass is 10.2. The van der Waals surface area contributed by atoms with E-state index >= 15 is 0 Å². The van der Waals surface area contributed by atoms with E-state index in [1.807, 2.05) is 36.4 Å². The van der Waals surface area contributed by atoms with Crippen LogP contribution in [-0.4, -0.2) is 21.2 Å². The minimum Gasteiger partial charge on any atom is -0.351 e. The third-order valence-electron chi connectivity index (χ3n) is 4.72.